The van der Waals surface area contributed by atoms with Gasteiger partial charge in [-0.1, -0.05) is 6.07 Å². The van der Waals surface area contributed by atoms with Crippen LogP contribution in [0.25, 0.3) is 0 Å². The van der Waals surface area contributed by atoms with Gasteiger partial charge in [-0.3, -0.25) is 4.79 Å². The largest absolute Gasteiger partial charge is 0.394 e. The van der Waals surface area contributed by atoms with E-state index in [1.165, 1.54) is 25.7 Å². The summed E-state index contributed by atoms with van der Waals surface area (Å²) >= 11 is 0. The van der Waals surface area contributed by atoms with E-state index in [2.05, 4.69) is 25.5 Å². The molecular formula is C22H29N5O2. The maximum absolute atomic E-state index is 13.0. The van der Waals surface area contributed by atoms with E-state index in [0.29, 0.717) is 22.6 Å². The Kier molecular flexibility index (Phi) is 5.17. The predicted octanol–water partition coefficient (Wildman–Crippen LogP) is 3.29. The van der Waals surface area contributed by atoms with Gasteiger partial charge in [-0.2, -0.15) is 0 Å². The second kappa shape index (κ2) is 7.63. The summed E-state index contributed by atoms with van der Waals surface area (Å²) in [5, 5.41) is 15.5. The number of hydrogen-bond donors (Lipinski definition) is 3. The molecule has 3 N–H and O–H groups in total. The molecule has 154 valence electrons. The minimum absolute atomic E-state index is 0.0264. The number of hydrogen-bond acceptors (Lipinski definition) is 6. The summed E-state index contributed by atoms with van der Waals surface area (Å²) in [6, 6.07) is 8.99. The Labute approximate surface area is 171 Å². The van der Waals surface area contributed by atoms with Crippen molar-refractivity contribution in [1.82, 2.24) is 9.97 Å². The van der Waals surface area contributed by atoms with Crippen LogP contribution in [0.3, 0.4) is 0 Å². The maximum atomic E-state index is 13.0. The quantitative estimate of drug-likeness (QED) is 0.695. The third-order valence-corrected chi connectivity index (χ3v) is 5.96. The van der Waals surface area contributed by atoms with Crippen LogP contribution in [0.4, 0.5) is 17.5 Å². The Balaban J connectivity index is 1.48. The average molecular weight is 396 g/mol. The van der Waals surface area contributed by atoms with Crippen LogP contribution < -0.4 is 15.5 Å². The molecule has 0 unspecified atom stereocenters. The minimum Gasteiger partial charge on any atom is -0.394 e. The number of nitrogens with zero attached hydrogens (tertiary/aromatic N) is 3. The summed E-state index contributed by atoms with van der Waals surface area (Å²) in [5.74, 6) is 1.58. The summed E-state index contributed by atoms with van der Waals surface area (Å²) in [7, 11) is 0. The number of aromatic nitrogens is 2. The molecule has 0 aromatic carbocycles. The van der Waals surface area contributed by atoms with Crippen molar-refractivity contribution in [3.63, 3.8) is 0 Å². The zero-order valence-corrected chi connectivity index (χ0v) is 17.1. The first-order valence-corrected chi connectivity index (χ1v) is 10.3. The standard InChI is InChI=1S/C22H29N5O2/c1-21(2,15-28)26-18-7-3-6-17(24-18)25-20(29)16-5-4-12-23-19(16)27-13-10-22(8-9-22)11-14-27/h3-7,12,28H,8-11,13-15H2,1-2H3,(H2,24,25,26,29). The summed E-state index contributed by atoms with van der Waals surface area (Å²) < 4.78 is 0. The molecule has 29 heavy (non-hydrogen) atoms. The van der Waals surface area contributed by atoms with Gasteiger partial charge in [0.2, 0.25) is 0 Å². The van der Waals surface area contributed by atoms with E-state index in [4.69, 9.17) is 0 Å². The molecule has 1 amide bonds. The first kappa shape index (κ1) is 19.6. The Morgan fingerprint density at radius 3 is 2.55 bits per heavy atom. The Morgan fingerprint density at radius 1 is 1.14 bits per heavy atom. The highest BCUT2D eigenvalue weighted by atomic mass is 16.3. The van der Waals surface area contributed by atoms with Gasteiger partial charge >= 0.3 is 0 Å². The van der Waals surface area contributed by atoms with E-state index in [9.17, 15) is 9.90 Å². The van der Waals surface area contributed by atoms with Gasteiger partial charge in [0.05, 0.1) is 17.7 Å². The van der Waals surface area contributed by atoms with Gasteiger partial charge in [0, 0.05) is 19.3 Å². The Morgan fingerprint density at radius 2 is 1.86 bits per heavy atom. The number of piperidine rings is 1. The van der Waals surface area contributed by atoms with Gasteiger partial charge in [-0.05, 0) is 69.2 Å². The van der Waals surface area contributed by atoms with E-state index in [1.807, 2.05) is 32.0 Å². The van der Waals surface area contributed by atoms with Gasteiger partial charge in [-0.25, -0.2) is 9.97 Å². The number of anilines is 3. The second-order valence-corrected chi connectivity index (χ2v) is 8.89. The number of amides is 1. The van der Waals surface area contributed by atoms with Crippen LogP contribution in [0, 0.1) is 5.41 Å². The highest BCUT2D eigenvalue weighted by Crippen LogP contribution is 2.53. The van der Waals surface area contributed by atoms with Gasteiger partial charge < -0.3 is 20.6 Å². The molecule has 2 aliphatic rings. The second-order valence-electron chi connectivity index (χ2n) is 8.89. The van der Waals surface area contributed by atoms with Crippen molar-refractivity contribution in [1.29, 1.82) is 0 Å². The predicted molar refractivity (Wildman–Crippen MR) is 114 cm³/mol. The molecule has 2 aromatic heterocycles. The van der Waals surface area contributed by atoms with Crippen LogP contribution in [-0.2, 0) is 0 Å². The number of rotatable bonds is 6. The molecular weight excluding hydrogens is 366 g/mol. The smallest absolute Gasteiger partial charge is 0.260 e. The lowest BCUT2D eigenvalue weighted by atomic mass is 9.93. The zero-order valence-electron chi connectivity index (χ0n) is 17.1. The third-order valence-electron chi connectivity index (χ3n) is 5.96. The molecule has 2 fully saturated rings. The summed E-state index contributed by atoms with van der Waals surface area (Å²) in [6.45, 7) is 5.64. The van der Waals surface area contributed by atoms with Crippen LogP contribution in [0.1, 0.15) is 49.9 Å². The number of carbonyl (C=O) groups is 1. The monoisotopic (exact) mass is 395 g/mol. The number of nitrogens with one attached hydrogen (secondary N) is 2. The number of aliphatic hydroxyl groups excluding tert-OH is 1. The fourth-order valence-corrected chi connectivity index (χ4v) is 3.84. The normalized spacial score (nSPS) is 17.8. The van der Waals surface area contributed by atoms with E-state index in [1.54, 1.807) is 18.3 Å². The molecule has 7 heteroatoms. The molecule has 4 rings (SSSR count). The van der Waals surface area contributed by atoms with Crippen LogP contribution in [0.15, 0.2) is 36.5 Å². The zero-order chi connectivity index (χ0) is 20.5. The van der Waals surface area contributed by atoms with Gasteiger partial charge in [-0.15, -0.1) is 0 Å². The van der Waals surface area contributed by atoms with Gasteiger partial charge in [0.25, 0.3) is 5.91 Å². The molecule has 0 atom stereocenters. The molecule has 1 saturated heterocycles. The van der Waals surface area contributed by atoms with Crippen molar-refractivity contribution in [3.8, 4) is 0 Å². The number of aliphatic hydroxyl groups is 1. The van der Waals surface area contributed by atoms with Crippen LogP contribution in [-0.4, -0.2) is 46.2 Å². The van der Waals surface area contributed by atoms with Crippen molar-refractivity contribution in [2.24, 2.45) is 5.41 Å². The molecule has 2 aromatic rings. The van der Waals surface area contributed by atoms with Crippen LogP contribution >= 0.6 is 0 Å². The highest BCUT2D eigenvalue weighted by molar-refractivity contribution is 6.07. The van der Waals surface area contributed by atoms with E-state index in [0.717, 1.165) is 18.9 Å². The van der Waals surface area contributed by atoms with E-state index < -0.39 is 5.54 Å². The van der Waals surface area contributed by atoms with Crippen molar-refractivity contribution in [2.45, 2.75) is 45.1 Å². The molecule has 3 heterocycles. The Bertz CT molecular complexity index is 884. The summed E-state index contributed by atoms with van der Waals surface area (Å²) in [6.07, 6.45) is 6.80. The van der Waals surface area contributed by atoms with E-state index in [-0.39, 0.29) is 12.5 Å². The third kappa shape index (κ3) is 4.50. The SMILES string of the molecule is CC(C)(CO)Nc1cccc(NC(=O)c2cccnc2N2CCC3(CC2)CC3)n1. The number of carbonyl (C=O) groups excluding carboxylic acids is 1. The minimum atomic E-state index is -0.501. The van der Waals surface area contributed by atoms with Gasteiger partial charge in [0.15, 0.2) is 0 Å². The fourth-order valence-electron chi connectivity index (χ4n) is 3.84. The molecule has 1 spiro atoms. The molecule has 1 saturated carbocycles. The lowest BCUT2D eigenvalue weighted by Crippen LogP contribution is -2.36. The molecule has 1 aliphatic carbocycles. The lowest BCUT2D eigenvalue weighted by molar-refractivity contribution is 0.102. The topological polar surface area (TPSA) is 90.4 Å². The van der Waals surface area contributed by atoms with Crippen LogP contribution in [0.2, 0.25) is 0 Å². The summed E-state index contributed by atoms with van der Waals surface area (Å²) in [5.41, 5.74) is 0.641. The molecule has 7 nitrogen and oxygen atoms in total. The van der Waals surface area contributed by atoms with Crippen molar-refractivity contribution in [2.75, 3.05) is 35.2 Å². The first-order chi connectivity index (χ1) is 13.9. The maximum Gasteiger partial charge on any atom is 0.260 e. The fraction of sp³-hybridized carbons (Fsp3) is 0.500. The van der Waals surface area contributed by atoms with Crippen molar-refractivity contribution in [3.05, 3.63) is 42.1 Å². The number of pyridine rings is 2. The van der Waals surface area contributed by atoms with Crippen LogP contribution in [0.5, 0.6) is 0 Å². The van der Waals surface area contributed by atoms with E-state index >= 15 is 0 Å². The average Bonchev–Trinajstić information content (AvgIpc) is 3.47. The first-order valence-electron chi connectivity index (χ1n) is 10.3. The molecule has 0 radical (unpaired) electrons. The Hall–Kier alpha value is -2.67. The van der Waals surface area contributed by atoms with Gasteiger partial charge in [0.1, 0.15) is 17.5 Å². The molecule has 0 bridgehead atoms. The van der Waals surface area contributed by atoms with Crippen molar-refractivity contribution < 1.29 is 9.90 Å². The molecule has 1 aliphatic heterocycles. The van der Waals surface area contributed by atoms with Crippen molar-refractivity contribution >= 4 is 23.4 Å². The highest BCUT2D eigenvalue weighted by Gasteiger charge is 2.44. The lowest BCUT2D eigenvalue weighted by Gasteiger charge is -2.33. The summed E-state index contributed by atoms with van der Waals surface area (Å²) in [4.78, 5) is 24.2.